The van der Waals surface area contributed by atoms with Crippen molar-refractivity contribution < 1.29 is 13.9 Å². The second-order valence-electron chi connectivity index (χ2n) is 9.61. The van der Waals surface area contributed by atoms with Crippen LogP contribution in [0, 0.1) is 5.82 Å². The molecule has 3 heterocycles. The van der Waals surface area contributed by atoms with Crippen LogP contribution in [0.25, 0.3) is 0 Å². The Balaban J connectivity index is 1.23. The van der Waals surface area contributed by atoms with Gasteiger partial charge in [-0.1, -0.05) is 30.3 Å². The van der Waals surface area contributed by atoms with E-state index in [4.69, 9.17) is 26.7 Å². The van der Waals surface area contributed by atoms with Gasteiger partial charge in [0.15, 0.2) is 5.11 Å². The normalized spacial score (nSPS) is 17.1. The number of anilines is 3. The van der Waals surface area contributed by atoms with Crippen molar-refractivity contribution >= 4 is 34.8 Å². The maximum atomic E-state index is 13.6. The van der Waals surface area contributed by atoms with E-state index < -0.39 is 0 Å². The van der Waals surface area contributed by atoms with Crippen molar-refractivity contribution in [3.8, 4) is 5.88 Å². The lowest BCUT2D eigenvalue weighted by Gasteiger charge is -2.38. The smallest absolute Gasteiger partial charge is 0.234 e. The summed E-state index contributed by atoms with van der Waals surface area (Å²) in [5.74, 6) is 1.40. The predicted molar refractivity (Wildman–Crippen MR) is 152 cm³/mol. The van der Waals surface area contributed by atoms with Gasteiger partial charge in [-0.2, -0.15) is 9.97 Å². The number of ether oxygens (including phenoxy) is 2. The fourth-order valence-corrected chi connectivity index (χ4v) is 5.26. The minimum atomic E-state index is -0.242. The molecule has 1 aromatic heterocycles. The summed E-state index contributed by atoms with van der Waals surface area (Å²) in [7, 11) is 1.59. The monoisotopic (exact) mass is 536 g/mol. The second-order valence-corrected chi connectivity index (χ2v) is 10.0. The zero-order valence-electron chi connectivity index (χ0n) is 21.5. The number of nitrogens with one attached hydrogen (secondary N) is 2. The molecular formula is C28H33FN6O2S. The number of halogens is 1. The first-order valence-electron chi connectivity index (χ1n) is 12.9. The van der Waals surface area contributed by atoms with Gasteiger partial charge < -0.3 is 29.9 Å². The SMILES string of the molecule is COc1cc(N2CCN(c3ccccc3)CC2)nc(NC(=S)NCC2(c3ccc(F)cc3)CCOCC2)n1. The molecule has 0 amide bonds. The summed E-state index contributed by atoms with van der Waals surface area (Å²) in [5.41, 5.74) is 2.11. The molecule has 0 aliphatic carbocycles. The molecule has 5 rings (SSSR count). The maximum absolute atomic E-state index is 13.6. The average Bonchev–Trinajstić information content (AvgIpc) is 2.97. The van der Waals surface area contributed by atoms with Crippen molar-refractivity contribution in [2.75, 3.05) is 68.2 Å². The molecule has 2 aliphatic rings. The van der Waals surface area contributed by atoms with Gasteiger partial charge in [-0.25, -0.2) is 4.39 Å². The van der Waals surface area contributed by atoms with Gasteiger partial charge in [0.05, 0.1) is 7.11 Å². The van der Waals surface area contributed by atoms with Crippen LogP contribution < -0.4 is 25.2 Å². The third-order valence-electron chi connectivity index (χ3n) is 7.34. The van der Waals surface area contributed by atoms with Crippen LogP contribution in [0.1, 0.15) is 18.4 Å². The first-order valence-corrected chi connectivity index (χ1v) is 13.3. The third kappa shape index (κ3) is 6.14. The summed E-state index contributed by atoms with van der Waals surface area (Å²) in [6.45, 7) is 5.35. The molecule has 0 atom stereocenters. The number of thiocarbonyl (C=S) groups is 1. The molecule has 0 spiro atoms. The van der Waals surface area contributed by atoms with Crippen LogP contribution in [0.15, 0.2) is 60.7 Å². The fourth-order valence-electron chi connectivity index (χ4n) is 5.10. The Labute approximate surface area is 228 Å². The van der Waals surface area contributed by atoms with Gasteiger partial charge in [-0.05, 0) is 54.9 Å². The van der Waals surface area contributed by atoms with Gasteiger partial charge in [0, 0.05) is 63.1 Å². The lowest BCUT2D eigenvalue weighted by molar-refractivity contribution is 0.0515. The first-order chi connectivity index (χ1) is 18.5. The highest BCUT2D eigenvalue weighted by Gasteiger charge is 2.34. The van der Waals surface area contributed by atoms with Crippen LogP contribution in [0.4, 0.5) is 21.8 Å². The number of para-hydroxylation sites is 1. The average molecular weight is 537 g/mol. The number of piperazine rings is 1. The number of hydrogen-bond donors (Lipinski definition) is 2. The highest BCUT2D eigenvalue weighted by molar-refractivity contribution is 7.80. The summed E-state index contributed by atoms with van der Waals surface area (Å²) in [5, 5.41) is 6.91. The Hall–Kier alpha value is -3.50. The van der Waals surface area contributed by atoms with E-state index in [0.717, 1.165) is 50.4 Å². The third-order valence-corrected chi connectivity index (χ3v) is 7.59. The zero-order valence-corrected chi connectivity index (χ0v) is 22.3. The Morgan fingerprint density at radius 2 is 1.68 bits per heavy atom. The number of rotatable bonds is 7. The molecule has 0 radical (unpaired) electrons. The topological polar surface area (TPSA) is 74.8 Å². The molecule has 3 aromatic rings. The largest absolute Gasteiger partial charge is 0.481 e. The molecule has 2 fully saturated rings. The summed E-state index contributed by atoms with van der Waals surface area (Å²) < 4.78 is 24.6. The number of aromatic nitrogens is 2. The van der Waals surface area contributed by atoms with Crippen molar-refractivity contribution in [2.45, 2.75) is 18.3 Å². The summed E-state index contributed by atoms with van der Waals surface area (Å²) in [6, 6.07) is 19.0. The first kappa shape index (κ1) is 26.1. The van der Waals surface area contributed by atoms with E-state index in [-0.39, 0.29) is 11.2 Å². The molecule has 200 valence electrons. The molecule has 10 heteroatoms. The van der Waals surface area contributed by atoms with Crippen molar-refractivity contribution in [3.05, 3.63) is 72.0 Å². The summed E-state index contributed by atoms with van der Waals surface area (Å²) in [6.07, 6.45) is 1.64. The van der Waals surface area contributed by atoms with E-state index in [1.807, 2.05) is 24.3 Å². The van der Waals surface area contributed by atoms with Crippen LogP contribution in [0.5, 0.6) is 5.88 Å². The summed E-state index contributed by atoms with van der Waals surface area (Å²) >= 11 is 5.62. The van der Waals surface area contributed by atoms with E-state index >= 15 is 0 Å². The fraction of sp³-hybridized carbons (Fsp3) is 0.393. The summed E-state index contributed by atoms with van der Waals surface area (Å²) in [4.78, 5) is 13.8. The van der Waals surface area contributed by atoms with Crippen molar-refractivity contribution in [2.24, 2.45) is 0 Å². The Bertz CT molecular complexity index is 1220. The van der Waals surface area contributed by atoms with Gasteiger partial charge in [-0.3, -0.25) is 0 Å². The number of hydrogen-bond acceptors (Lipinski definition) is 7. The lowest BCUT2D eigenvalue weighted by Crippen LogP contribution is -2.47. The van der Waals surface area contributed by atoms with Crippen LogP contribution in [-0.2, 0) is 10.2 Å². The van der Waals surface area contributed by atoms with Crippen LogP contribution in [-0.4, -0.2) is 68.1 Å². The molecule has 2 N–H and O–H groups in total. The Kier molecular flexibility index (Phi) is 8.19. The van der Waals surface area contributed by atoms with E-state index in [1.165, 1.54) is 17.8 Å². The lowest BCUT2D eigenvalue weighted by atomic mass is 9.74. The number of methoxy groups -OCH3 is 1. The number of nitrogens with zero attached hydrogens (tertiary/aromatic N) is 4. The van der Waals surface area contributed by atoms with Gasteiger partial charge in [0.1, 0.15) is 11.6 Å². The predicted octanol–water partition coefficient (Wildman–Crippen LogP) is 3.99. The minimum absolute atomic E-state index is 0.198. The standard InChI is InChI=1S/C28H33FN6O2S/c1-36-25-19-24(35-15-13-34(14-16-35)23-5-3-2-4-6-23)31-26(32-25)33-27(38)30-20-28(11-17-37-18-12-28)21-7-9-22(29)10-8-21/h2-10,19H,11-18,20H2,1H3,(H2,30,31,32,33,38). The van der Waals surface area contributed by atoms with Crippen LogP contribution in [0.2, 0.25) is 0 Å². The zero-order chi connectivity index (χ0) is 26.4. The molecule has 2 saturated heterocycles. The molecule has 0 saturated carbocycles. The molecule has 2 aromatic carbocycles. The molecule has 8 nitrogen and oxygen atoms in total. The Morgan fingerprint density at radius 3 is 2.37 bits per heavy atom. The van der Waals surface area contributed by atoms with Crippen LogP contribution in [0.3, 0.4) is 0 Å². The van der Waals surface area contributed by atoms with Gasteiger partial charge >= 0.3 is 0 Å². The Morgan fingerprint density at radius 1 is 1.00 bits per heavy atom. The highest BCUT2D eigenvalue weighted by Crippen LogP contribution is 2.34. The second kappa shape index (κ2) is 11.9. The highest BCUT2D eigenvalue weighted by atomic mass is 32.1. The quantitative estimate of drug-likeness (QED) is 0.436. The van der Waals surface area contributed by atoms with E-state index in [0.29, 0.717) is 36.7 Å². The van der Waals surface area contributed by atoms with E-state index in [9.17, 15) is 4.39 Å². The molecular weight excluding hydrogens is 503 g/mol. The van der Waals surface area contributed by atoms with Crippen LogP contribution >= 0.6 is 12.2 Å². The van der Waals surface area contributed by atoms with E-state index in [2.05, 4.69) is 49.7 Å². The minimum Gasteiger partial charge on any atom is -0.481 e. The molecule has 2 aliphatic heterocycles. The molecule has 38 heavy (non-hydrogen) atoms. The van der Waals surface area contributed by atoms with Gasteiger partial charge in [0.2, 0.25) is 11.8 Å². The van der Waals surface area contributed by atoms with Gasteiger partial charge in [0.25, 0.3) is 0 Å². The van der Waals surface area contributed by atoms with Crippen molar-refractivity contribution in [1.82, 2.24) is 15.3 Å². The molecule has 0 unspecified atom stereocenters. The number of benzene rings is 2. The van der Waals surface area contributed by atoms with E-state index in [1.54, 1.807) is 7.11 Å². The van der Waals surface area contributed by atoms with Crippen molar-refractivity contribution in [3.63, 3.8) is 0 Å². The molecule has 0 bridgehead atoms. The maximum Gasteiger partial charge on any atom is 0.234 e. The van der Waals surface area contributed by atoms with Gasteiger partial charge in [-0.15, -0.1) is 0 Å². The van der Waals surface area contributed by atoms with Crippen molar-refractivity contribution in [1.29, 1.82) is 0 Å².